The van der Waals surface area contributed by atoms with Crippen molar-refractivity contribution in [2.75, 3.05) is 23.8 Å². The summed E-state index contributed by atoms with van der Waals surface area (Å²) in [6, 6.07) is -0.192. The van der Waals surface area contributed by atoms with Crippen LogP contribution in [0, 0.1) is 0 Å². The number of hydrogen-bond acceptors (Lipinski definition) is 7. The van der Waals surface area contributed by atoms with E-state index in [1.807, 2.05) is 6.92 Å². The molecule has 0 N–H and O–H groups in total. The molecule has 1 aliphatic heterocycles. The Hall–Kier alpha value is -1.16. The van der Waals surface area contributed by atoms with Gasteiger partial charge in [-0.05, 0) is 23.3 Å². The monoisotopic (exact) mass is 347 g/mol. The molecule has 1 amide bonds. The number of carbonyl (C=O) groups is 1. The average Bonchev–Trinajstić information content (AvgIpc) is 3.03. The van der Waals surface area contributed by atoms with Crippen molar-refractivity contribution in [1.29, 1.82) is 0 Å². The van der Waals surface area contributed by atoms with Crippen molar-refractivity contribution in [3.05, 3.63) is 0 Å². The molecule has 1 aliphatic rings. The van der Waals surface area contributed by atoms with E-state index >= 15 is 0 Å². The third-order valence-electron chi connectivity index (χ3n) is 3.63. The SMILES string of the molecule is CCCCN(C(=O)CSc1nnnn1C)[C@@H]1CCS(=O)(=O)C1. The molecule has 0 unspecified atom stereocenters. The number of aryl methyl sites for hydroxylation is 1. The molecule has 1 aromatic rings. The van der Waals surface area contributed by atoms with Crippen LogP contribution in [-0.2, 0) is 21.7 Å². The molecule has 1 aromatic heterocycles. The maximum Gasteiger partial charge on any atom is 0.233 e. The molecule has 8 nitrogen and oxygen atoms in total. The summed E-state index contributed by atoms with van der Waals surface area (Å²) in [7, 11) is -1.29. The van der Waals surface area contributed by atoms with Crippen LogP contribution in [0.25, 0.3) is 0 Å². The largest absolute Gasteiger partial charge is 0.338 e. The van der Waals surface area contributed by atoms with Crippen LogP contribution >= 0.6 is 11.8 Å². The zero-order valence-electron chi connectivity index (χ0n) is 12.8. The lowest BCUT2D eigenvalue weighted by Crippen LogP contribution is -2.42. The van der Waals surface area contributed by atoms with Crippen LogP contribution in [0.4, 0.5) is 0 Å². The highest BCUT2D eigenvalue weighted by molar-refractivity contribution is 7.99. The molecule has 0 saturated carbocycles. The minimum Gasteiger partial charge on any atom is -0.338 e. The quantitative estimate of drug-likeness (QED) is 0.646. The number of nitrogens with zero attached hydrogens (tertiary/aromatic N) is 5. The molecule has 1 fully saturated rings. The summed E-state index contributed by atoms with van der Waals surface area (Å²) < 4.78 is 24.8. The number of rotatable bonds is 7. The van der Waals surface area contributed by atoms with E-state index in [0.717, 1.165) is 12.8 Å². The normalized spacial score (nSPS) is 20.2. The predicted molar refractivity (Wildman–Crippen MR) is 83.2 cm³/mol. The Labute approximate surface area is 134 Å². The van der Waals surface area contributed by atoms with Gasteiger partial charge in [-0.3, -0.25) is 4.79 Å². The maximum absolute atomic E-state index is 12.5. The van der Waals surface area contributed by atoms with Crippen molar-refractivity contribution >= 4 is 27.5 Å². The van der Waals surface area contributed by atoms with E-state index in [-0.39, 0.29) is 29.2 Å². The summed E-state index contributed by atoms with van der Waals surface area (Å²) in [6.45, 7) is 2.65. The van der Waals surface area contributed by atoms with E-state index in [1.165, 1.54) is 16.4 Å². The number of unbranched alkanes of at least 4 members (excludes halogenated alkanes) is 1. The zero-order valence-corrected chi connectivity index (χ0v) is 14.4. The van der Waals surface area contributed by atoms with E-state index in [4.69, 9.17) is 0 Å². The lowest BCUT2D eigenvalue weighted by molar-refractivity contribution is -0.130. The van der Waals surface area contributed by atoms with Crippen molar-refractivity contribution in [2.24, 2.45) is 7.05 Å². The predicted octanol–water partition coefficient (Wildman–Crippen LogP) is 0.118. The highest BCUT2D eigenvalue weighted by Crippen LogP contribution is 2.21. The van der Waals surface area contributed by atoms with Crippen LogP contribution in [0.2, 0.25) is 0 Å². The molecule has 2 rings (SSSR count). The van der Waals surface area contributed by atoms with E-state index in [0.29, 0.717) is 18.1 Å². The zero-order chi connectivity index (χ0) is 16.2. The van der Waals surface area contributed by atoms with Gasteiger partial charge in [0.15, 0.2) is 9.84 Å². The number of hydrogen-bond donors (Lipinski definition) is 0. The summed E-state index contributed by atoms with van der Waals surface area (Å²) >= 11 is 1.27. The third-order valence-corrected chi connectivity index (χ3v) is 6.37. The van der Waals surface area contributed by atoms with Crippen LogP contribution in [0.5, 0.6) is 0 Å². The Balaban J connectivity index is 1.98. The number of thioether (sulfide) groups is 1. The minimum absolute atomic E-state index is 0.0523. The van der Waals surface area contributed by atoms with Crippen LogP contribution in [0.3, 0.4) is 0 Å². The number of carbonyl (C=O) groups excluding carboxylic acids is 1. The molecule has 2 heterocycles. The fourth-order valence-corrected chi connectivity index (χ4v) is 4.88. The fraction of sp³-hybridized carbons (Fsp3) is 0.833. The molecular formula is C12H21N5O3S2. The van der Waals surface area contributed by atoms with Gasteiger partial charge in [0.05, 0.1) is 17.3 Å². The van der Waals surface area contributed by atoms with Gasteiger partial charge in [0.2, 0.25) is 11.1 Å². The molecule has 0 bridgehead atoms. The second-order valence-electron chi connectivity index (χ2n) is 5.37. The van der Waals surface area contributed by atoms with Crippen molar-refractivity contribution in [1.82, 2.24) is 25.1 Å². The van der Waals surface area contributed by atoms with Crippen molar-refractivity contribution in [3.63, 3.8) is 0 Å². The summed E-state index contributed by atoms with van der Waals surface area (Å²) in [5.41, 5.74) is 0. The molecule has 0 aliphatic carbocycles. The van der Waals surface area contributed by atoms with E-state index in [9.17, 15) is 13.2 Å². The minimum atomic E-state index is -3.00. The molecule has 10 heteroatoms. The second kappa shape index (κ2) is 7.40. The topological polar surface area (TPSA) is 98.1 Å². The molecular weight excluding hydrogens is 326 g/mol. The van der Waals surface area contributed by atoms with Gasteiger partial charge in [-0.15, -0.1) is 5.10 Å². The Morgan fingerprint density at radius 3 is 2.82 bits per heavy atom. The van der Waals surface area contributed by atoms with Gasteiger partial charge in [0.1, 0.15) is 0 Å². The van der Waals surface area contributed by atoms with Crippen molar-refractivity contribution in [2.45, 2.75) is 37.4 Å². The van der Waals surface area contributed by atoms with Gasteiger partial charge in [-0.1, -0.05) is 25.1 Å². The first-order valence-electron chi connectivity index (χ1n) is 7.28. The smallest absolute Gasteiger partial charge is 0.233 e. The van der Waals surface area contributed by atoms with E-state index in [1.54, 1.807) is 11.9 Å². The lowest BCUT2D eigenvalue weighted by Gasteiger charge is -2.28. The Kier molecular flexibility index (Phi) is 5.79. The Bertz CT molecular complexity index is 616. The third kappa shape index (κ3) is 4.42. The highest BCUT2D eigenvalue weighted by Gasteiger charge is 2.34. The summed E-state index contributed by atoms with van der Waals surface area (Å²) in [6.07, 6.45) is 2.37. The number of amides is 1. The summed E-state index contributed by atoms with van der Waals surface area (Å²) in [5.74, 6) is 0.421. The summed E-state index contributed by atoms with van der Waals surface area (Å²) in [5, 5.41) is 11.6. The van der Waals surface area contributed by atoms with Crippen molar-refractivity contribution in [3.8, 4) is 0 Å². The molecule has 0 spiro atoms. The standard InChI is InChI=1S/C12H21N5O3S2/c1-3-4-6-17(10-5-7-22(19,20)9-10)11(18)8-21-12-13-14-15-16(12)2/h10H,3-9H2,1-2H3/t10-/m1/s1. The van der Waals surface area contributed by atoms with Crippen LogP contribution in [-0.4, -0.2) is 69.3 Å². The van der Waals surface area contributed by atoms with Crippen LogP contribution in [0.1, 0.15) is 26.2 Å². The highest BCUT2D eigenvalue weighted by atomic mass is 32.2. The molecule has 124 valence electrons. The van der Waals surface area contributed by atoms with Gasteiger partial charge >= 0.3 is 0 Å². The number of aromatic nitrogens is 4. The Morgan fingerprint density at radius 1 is 1.50 bits per heavy atom. The first-order valence-corrected chi connectivity index (χ1v) is 10.1. The first-order chi connectivity index (χ1) is 10.4. The second-order valence-corrected chi connectivity index (χ2v) is 8.54. The van der Waals surface area contributed by atoms with E-state index in [2.05, 4.69) is 15.5 Å². The molecule has 0 radical (unpaired) electrons. The number of tetrazole rings is 1. The molecule has 1 saturated heterocycles. The van der Waals surface area contributed by atoms with Gasteiger partial charge in [-0.2, -0.15) is 0 Å². The first kappa shape index (κ1) is 17.2. The number of sulfone groups is 1. The maximum atomic E-state index is 12.5. The van der Waals surface area contributed by atoms with Crippen LogP contribution < -0.4 is 0 Å². The lowest BCUT2D eigenvalue weighted by atomic mass is 10.2. The van der Waals surface area contributed by atoms with E-state index < -0.39 is 9.84 Å². The average molecular weight is 347 g/mol. The molecule has 22 heavy (non-hydrogen) atoms. The van der Waals surface area contributed by atoms with Gasteiger partial charge < -0.3 is 4.90 Å². The molecule has 1 atom stereocenters. The van der Waals surface area contributed by atoms with Crippen LogP contribution in [0.15, 0.2) is 5.16 Å². The fourth-order valence-electron chi connectivity index (χ4n) is 2.41. The van der Waals surface area contributed by atoms with Gasteiger partial charge in [0.25, 0.3) is 0 Å². The van der Waals surface area contributed by atoms with Gasteiger partial charge in [-0.25, -0.2) is 13.1 Å². The van der Waals surface area contributed by atoms with Gasteiger partial charge in [0, 0.05) is 19.6 Å². The Morgan fingerprint density at radius 2 is 2.27 bits per heavy atom. The molecule has 0 aromatic carbocycles. The summed E-state index contributed by atoms with van der Waals surface area (Å²) in [4.78, 5) is 14.2. The van der Waals surface area contributed by atoms with Crippen molar-refractivity contribution < 1.29 is 13.2 Å².